The van der Waals surface area contributed by atoms with Gasteiger partial charge in [0.15, 0.2) is 5.78 Å². The summed E-state index contributed by atoms with van der Waals surface area (Å²) in [7, 11) is 1.36. The Bertz CT molecular complexity index is 596. The normalized spacial score (nSPS) is 10.2. The van der Waals surface area contributed by atoms with E-state index in [1.54, 1.807) is 25.1 Å². The zero-order valence-electron chi connectivity index (χ0n) is 10.9. The Labute approximate surface area is 111 Å². The van der Waals surface area contributed by atoms with Crippen molar-refractivity contribution in [3.05, 3.63) is 59.4 Å². The van der Waals surface area contributed by atoms with E-state index >= 15 is 0 Å². The van der Waals surface area contributed by atoms with E-state index in [9.17, 15) is 9.59 Å². The maximum Gasteiger partial charge on any atom is 0.337 e. The van der Waals surface area contributed by atoms with Crippen LogP contribution in [-0.4, -0.2) is 23.4 Å². The Morgan fingerprint density at radius 3 is 2.42 bits per heavy atom. The topological polar surface area (TPSA) is 48.3 Å². The van der Waals surface area contributed by atoms with Gasteiger partial charge >= 0.3 is 5.97 Å². The third-order valence-corrected chi connectivity index (χ3v) is 2.92. The number of benzene rings is 1. The van der Waals surface area contributed by atoms with Crippen molar-refractivity contribution in [1.29, 1.82) is 0 Å². The molecule has 0 saturated carbocycles. The van der Waals surface area contributed by atoms with Crippen molar-refractivity contribution in [2.45, 2.75) is 13.5 Å². The van der Waals surface area contributed by atoms with Crippen molar-refractivity contribution in [1.82, 2.24) is 4.57 Å². The first-order valence-corrected chi connectivity index (χ1v) is 5.95. The summed E-state index contributed by atoms with van der Waals surface area (Å²) in [6.45, 7) is 2.15. The third-order valence-electron chi connectivity index (χ3n) is 2.92. The molecule has 0 aliphatic carbocycles. The SMILES string of the molecule is COC(=O)c1ccc(Cn2cccc2C(C)=O)cc1. The Morgan fingerprint density at radius 2 is 1.84 bits per heavy atom. The number of ether oxygens (including phenoxy) is 1. The van der Waals surface area contributed by atoms with Gasteiger partial charge in [-0.25, -0.2) is 4.79 Å². The van der Waals surface area contributed by atoms with Gasteiger partial charge in [-0.3, -0.25) is 4.79 Å². The van der Waals surface area contributed by atoms with E-state index in [-0.39, 0.29) is 11.8 Å². The highest BCUT2D eigenvalue weighted by atomic mass is 16.5. The van der Waals surface area contributed by atoms with Gasteiger partial charge in [0, 0.05) is 19.7 Å². The van der Waals surface area contributed by atoms with Crippen molar-refractivity contribution < 1.29 is 14.3 Å². The van der Waals surface area contributed by atoms with Crippen molar-refractivity contribution in [2.24, 2.45) is 0 Å². The number of hydrogen-bond acceptors (Lipinski definition) is 3. The van der Waals surface area contributed by atoms with Gasteiger partial charge in [-0.05, 0) is 29.8 Å². The highest BCUT2D eigenvalue weighted by molar-refractivity contribution is 5.92. The van der Waals surface area contributed by atoms with Crippen LogP contribution in [0.5, 0.6) is 0 Å². The molecule has 0 aliphatic rings. The fourth-order valence-corrected chi connectivity index (χ4v) is 1.93. The summed E-state index contributed by atoms with van der Waals surface area (Å²) >= 11 is 0. The number of hydrogen-bond donors (Lipinski definition) is 0. The summed E-state index contributed by atoms with van der Waals surface area (Å²) in [5.74, 6) is -0.312. The van der Waals surface area contributed by atoms with Crippen molar-refractivity contribution in [3.8, 4) is 0 Å². The van der Waals surface area contributed by atoms with Crippen LogP contribution in [-0.2, 0) is 11.3 Å². The van der Waals surface area contributed by atoms with E-state index < -0.39 is 0 Å². The van der Waals surface area contributed by atoms with Gasteiger partial charge in [-0.2, -0.15) is 0 Å². The Balaban J connectivity index is 2.17. The molecule has 1 heterocycles. The number of nitrogens with zero attached hydrogens (tertiary/aromatic N) is 1. The number of carbonyl (C=O) groups excluding carboxylic acids is 2. The van der Waals surface area contributed by atoms with Gasteiger partial charge in [-0.15, -0.1) is 0 Å². The predicted molar refractivity (Wildman–Crippen MR) is 71.3 cm³/mol. The lowest BCUT2D eigenvalue weighted by Gasteiger charge is -2.07. The number of Topliss-reactive ketones (excluding diaryl/α,β-unsaturated/α-hetero) is 1. The molecule has 98 valence electrons. The second kappa shape index (κ2) is 5.52. The highest BCUT2D eigenvalue weighted by Crippen LogP contribution is 2.10. The Hall–Kier alpha value is -2.36. The predicted octanol–water partition coefficient (Wildman–Crippen LogP) is 2.53. The molecule has 1 aromatic heterocycles. The molecule has 2 rings (SSSR count). The first-order valence-electron chi connectivity index (χ1n) is 5.95. The third kappa shape index (κ3) is 2.91. The van der Waals surface area contributed by atoms with Gasteiger partial charge in [0.05, 0.1) is 18.4 Å². The number of ketones is 1. The van der Waals surface area contributed by atoms with Crippen LogP contribution in [0.3, 0.4) is 0 Å². The lowest BCUT2D eigenvalue weighted by atomic mass is 10.1. The zero-order valence-corrected chi connectivity index (χ0v) is 10.9. The van der Waals surface area contributed by atoms with E-state index in [4.69, 9.17) is 0 Å². The lowest BCUT2D eigenvalue weighted by Crippen LogP contribution is -2.07. The highest BCUT2D eigenvalue weighted by Gasteiger charge is 2.07. The van der Waals surface area contributed by atoms with Crippen LogP contribution < -0.4 is 0 Å². The van der Waals surface area contributed by atoms with Crippen LogP contribution in [0.15, 0.2) is 42.6 Å². The Morgan fingerprint density at radius 1 is 1.16 bits per heavy atom. The molecule has 0 spiro atoms. The molecule has 1 aromatic carbocycles. The molecule has 0 amide bonds. The van der Waals surface area contributed by atoms with Crippen LogP contribution in [0, 0.1) is 0 Å². The summed E-state index contributed by atoms with van der Waals surface area (Å²) < 4.78 is 6.53. The maximum atomic E-state index is 11.4. The van der Waals surface area contributed by atoms with E-state index in [2.05, 4.69) is 4.74 Å². The maximum absolute atomic E-state index is 11.4. The molecule has 0 fully saturated rings. The van der Waals surface area contributed by atoms with Crippen LogP contribution in [0.4, 0.5) is 0 Å². The number of rotatable bonds is 4. The molecular formula is C15H15NO3. The second-order valence-corrected chi connectivity index (χ2v) is 4.27. The van der Waals surface area contributed by atoms with E-state index in [0.29, 0.717) is 17.8 Å². The van der Waals surface area contributed by atoms with Crippen molar-refractivity contribution >= 4 is 11.8 Å². The quantitative estimate of drug-likeness (QED) is 0.624. The molecule has 0 bridgehead atoms. The number of esters is 1. The molecule has 0 saturated heterocycles. The van der Waals surface area contributed by atoms with E-state index in [1.807, 2.05) is 29.0 Å². The summed E-state index contributed by atoms with van der Waals surface area (Å²) in [4.78, 5) is 22.7. The smallest absolute Gasteiger partial charge is 0.337 e. The van der Waals surface area contributed by atoms with Crippen LogP contribution in [0.25, 0.3) is 0 Å². The molecule has 0 aliphatic heterocycles. The average Bonchev–Trinajstić information content (AvgIpc) is 2.87. The zero-order chi connectivity index (χ0) is 13.8. The molecule has 2 aromatic rings. The molecule has 4 heteroatoms. The number of aromatic nitrogens is 1. The van der Waals surface area contributed by atoms with Crippen LogP contribution in [0.1, 0.15) is 33.3 Å². The first-order chi connectivity index (χ1) is 9.11. The monoisotopic (exact) mass is 257 g/mol. The molecule has 0 radical (unpaired) electrons. The molecule has 4 nitrogen and oxygen atoms in total. The summed E-state index contributed by atoms with van der Waals surface area (Å²) in [5, 5.41) is 0. The largest absolute Gasteiger partial charge is 0.465 e. The second-order valence-electron chi connectivity index (χ2n) is 4.27. The first kappa shape index (κ1) is 13.1. The minimum absolute atomic E-state index is 0.0381. The fourth-order valence-electron chi connectivity index (χ4n) is 1.93. The standard InChI is InChI=1S/C15H15NO3/c1-11(17)14-4-3-9-16(14)10-12-5-7-13(8-6-12)15(18)19-2/h3-9H,10H2,1-2H3. The molecular weight excluding hydrogens is 242 g/mol. The van der Waals surface area contributed by atoms with Crippen molar-refractivity contribution in [3.63, 3.8) is 0 Å². The van der Waals surface area contributed by atoms with Gasteiger partial charge in [-0.1, -0.05) is 12.1 Å². The number of carbonyl (C=O) groups is 2. The molecule has 0 unspecified atom stereocenters. The van der Waals surface area contributed by atoms with Gasteiger partial charge < -0.3 is 9.30 Å². The van der Waals surface area contributed by atoms with Crippen LogP contribution >= 0.6 is 0 Å². The van der Waals surface area contributed by atoms with E-state index in [1.165, 1.54) is 7.11 Å². The summed E-state index contributed by atoms with van der Waals surface area (Å²) in [6, 6.07) is 10.8. The fraction of sp³-hybridized carbons (Fsp3) is 0.200. The van der Waals surface area contributed by atoms with Gasteiger partial charge in [0.2, 0.25) is 0 Å². The minimum Gasteiger partial charge on any atom is -0.465 e. The molecule has 19 heavy (non-hydrogen) atoms. The molecule has 0 atom stereocenters. The lowest BCUT2D eigenvalue weighted by molar-refractivity contribution is 0.0600. The average molecular weight is 257 g/mol. The summed E-state index contributed by atoms with van der Waals surface area (Å²) in [6.07, 6.45) is 1.87. The van der Waals surface area contributed by atoms with Gasteiger partial charge in [0.25, 0.3) is 0 Å². The Kier molecular flexibility index (Phi) is 3.80. The molecule has 0 N–H and O–H groups in total. The van der Waals surface area contributed by atoms with Crippen molar-refractivity contribution in [2.75, 3.05) is 7.11 Å². The van der Waals surface area contributed by atoms with Gasteiger partial charge in [0.1, 0.15) is 0 Å². The summed E-state index contributed by atoms with van der Waals surface area (Å²) in [5.41, 5.74) is 2.22. The number of methoxy groups -OCH3 is 1. The van der Waals surface area contributed by atoms with E-state index in [0.717, 1.165) is 5.56 Å². The van der Waals surface area contributed by atoms with Crippen LogP contribution in [0.2, 0.25) is 0 Å². The minimum atomic E-state index is -0.350.